The molecule has 1 fully saturated rings. The molecule has 1 saturated carbocycles. The minimum Gasteiger partial charge on any atom is -0.369 e. The first-order chi connectivity index (χ1) is 8.65. The van der Waals surface area contributed by atoms with Gasteiger partial charge in [0.2, 0.25) is 0 Å². The maximum Gasteiger partial charge on any atom is 0.0953 e. The third-order valence-corrected chi connectivity index (χ3v) is 3.58. The second-order valence-corrected chi connectivity index (χ2v) is 5.73. The lowest BCUT2D eigenvalue weighted by atomic mass is 9.95. The molecule has 3 heteroatoms. The van der Waals surface area contributed by atoms with Crippen molar-refractivity contribution in [3.05, 3.63) is 34.9 Å². The Bertz CT molecular complexity index is 377. The molecule has 0 amide bonds. The van der Waals surface area contributed by atoms with E-state index in [2.05, 4.69) is 25.2 Å². The van der Waals surface area contributed by atoms with Crippen LogP contribution in [0.3, 0.4) is 0 Å². The van der Waals surface area contributed by atoms with Crippen LogP contribution in [0.1, 0.15) is 44.8 Å². The van der Waals surface area contributed by atoms with Gasteiger partial charge in [-0.15, -0.1) is 0 Å². The van der Waals surface area contributed by atoms with Gasteiger partial charge >= 0.3 is 0 Å². The summed E-state index contributed by atoms with van der Waals surface area (Å²) in [4.78, 5) is 0. The monoisotopic (exact) mass is 267 g/mol. The fourth-order valence-electron chi connectivity index (χ4n) is 2.03. The highest BCUT2D eigenvalue weighted by molar-refractivity contribution is 6.30. The maximum atomic E-state index is 6.16. The van der Waals surface area contributed by atoms with Gasteiger partial charge in [-0.1, -0.05) is 37.6 Å². The molecule has 0 spiro atoms. The minimum absolute atomic E-state index is 0.108. The number of hydrogen-bond acceptors (Lipinski definition) is 2. The standard InChI is InChI=1S/C15H22ClNO/c1-11(2)17-10-15(18-14-7-4-8-14)12-5-3-6-13(16)9-12/h3,5-6,9,11,14-15,17H,4,7-8,10H2,1-2H3. The van der Waals surface area contributed by atoms with E-state index < -0.39 is 0 Å². The Balaban J connectivity index is 2.02. The van der Waals surface area contributed by atoms with Gasteiger partial charge in [0.15, 0.2) is 0 Å². The average molecular weight is 268 g/mol. The Labute approximate surface area is 115 Å². The number of hydrogen-bond donors (Lipinski definition) is 1. The molecule has 1 unspecified atom stereocenters. The molecule has 2 rings (SSSR count). The summed E-state index contributed by atoms with van der Waals surface area (Å²) < 4.78 is 6.16. The van der Waals surface area contributed by atoms with Crippen molar-refractivity contribution in [2.45, 2.75) is 51.4 Å². The van der Waals surface area contributed by atoms with Crippen molar-refractivity contribution >= 4 is 11.6 Å². The first-order valence-corrected chi connectivity index (χ1v) is 7.17. The van der Waals surface area contributed by atoms with Gasteiger partial charge in [-0.25, -0.2) is 0 Å². The predicted molar refractivity (Wildman–Crippen MR) is 76.1 cm³/mol. The molecule has 0 heterocycles. The number of halogens is 1. The van der Waals surface area contributed by atoms with Crippen LogP contribution in [-0.4, -0.2) is 18.7 Å². The lowest BCUT2D eigenvalue weighted by molar-refractivity contribution is -0.0525. The summed E-state index contributed by atoms with van der Waals surface area (Å²) in [7, 11) is 0. The van der Waals surface area contributed by atoms with Crippen molar-refractivity contribution in [2.24, 2.45) is 0 Å². The Kier molecular flexibility index (Phi) is 5.04. The van der Waals surface area contributed by atoms with Gasteiger partial charge in [-0.3, -0.25) is 0 Å². The third-order valence-electron chi connectivity index (χ3n) is 3.34. The van der Waals surface area contributed by atoms with Crippen LogP contribution in [0.4, 0.5) is 0 Å². The summed E-state index contributed by atoms with van der Waals surface area (Å²) in [6.45, 7) is 5.14. The zero-order chi connectivity index (χ0) is 13.0. The highest BCUT2D eigenvalue weighted by Gasteiger charge is 2.23. The summed E-state index contributed by atoms with van der Waals surface area (Å²) in [5, 5.41) is 4.23. The molecule has 1 aromatic carbocycles. The van der Waals surface area contributed by atoms with Crippen molar-refractivity contribution in [1.82, 2.24) is 5.32 Å². The first-order valence-electron chi connectivity index (χ1n) is 6.79. The molecule has 1 aliphatic carbocycles. The van der Waals surface area contributed by atoms with Gasteiger partial charge < -0.3 is 10.1 Å². The molecule has 1 atom stereocenters. The molecule has 0 aliphatic heterocycles. The quantitative estimate of drug-likeness (QED) is 0.843. The first kappa shape index (κ1) is 13.9. The lowest BCUT2D eigenvalue weighted by Gasteiger charge is -2.31. The van der Waals surface area contributed by atoms with Crippen LogP contribution < -0.4 is 5.32 Å². The van der Waals surface area contributed by atoms with E-state index in [0.29, 0.717) is 12.1 Å². The van der Waals surface area contributed by atoms with Crippen LogP contribution >= 0.6 is 11.6 Å². The van der Waals surface area contributed by atoms with E-state index in [1.54, 1.807) is 0 Å². The number of nitrogens with one attached hydrogen (secondary N) is 1. The molecule has 1 aliphatic rings. The van der Waals surface area contributed by atoms with E-state index >= 15 is 0 Å². The molecule has 1 N–H and O–H groups in total. The van der Waals surface area contributed by atoms with Crippen LogP contribution in [-0.2, 0) is 4.74 Å². The van der Waals surface area contributed by atoms with Crippen LogP contribution in [0.5, 0.6) is 0 Å². The fourth-order valence-corrected chi connectivity index (χ4v) is 2.23. The maximum absolute atomic E-state index is 6.16. The molecule has 100 valence electrons. The van der Waals surface area contributed by atoms with E-state index in [1.165, 1.54) is 24.8 Å². The third kappa shape index (κ3) is 3.98. The van der Waals surface area contributed by atoms with Crippen LogP contribution in [0.15, 0.2) is 24.3 Å². The summed E-state index contributed by atoms with van der Waals surface area (Å²) in [6.07, 6.45) is 4.22. The molecular weight excluding hydrogens is 246 g/mol. The zero-order valence-corrected chi connectivity index (χ0v) is 11.9. The number of benzene rings is 1. The molecule has 18 heavy (non-hydrogen) atoms. The summed E-state index contributed by atoms with van der Waals surface area (Å²) in [5.41, 5.74) is 1.17. The van der Waals surface area contributed by atoms with E-state index in [1.807, 2.05) is 18.2 Å². The van der Waals surface area contributed by atoms with Gasteiger partial charge in [0, 0.05) is 17.6 Å². The lowest BCUT2D eigenvalue weighted by Crippen LogP contribution is -2.33. The van der Waals surface area contributed by atoms with Crippen molar-refractivity contribution in [3.63, 3.8) is 0 Å². The van der Waals surface area contributed by atoms with E-state index in [-0.39, 0.29) is 6.10 Å². The van der Waals surface area contributed by atoms with Crippen molar-refractivity contribution in [2.75, 3.05) is 6.54 Å². The summed E-state index contributed by atoms with van der Waals surface area (Å²) >= 11 is 6.06. The SMILES string of the molecule is CC(C)NCC(OC1CCC1)c1cccc(Cl)c1. The second kappa shape index (κ2) is 6.55. The van der Waals surface area contributed by atoms with Gasteiger partial charge in [-0.05, 0) is 37.0 Å². The highest BCUT2D eigenvalue weighted by Crippen LogP contribution is 2.29. The Morgan fingerprint density at radius 1 is 1.39 bits per heavy atom. The van der Waals surface area contributed by atoms with Crippen LogP contribution in [0, 0.1) is 0 Å². The van der Waals surface area contributed by atoms with E-state index in [4.69, 9.17) is 16.3 Å². The van der Waals surface area contributed by atoms with E-state index in [9.17, 15) is 0 Å². The zero-order valence-electron chi connectivity index (χ0n) is 11.2. The minimum atomic E-state index is 0.108. The Hall–Kier alpha value is -0.570. The normalized spacial score (nSPS) is 17.8. The van der Waals surface area contributed by atoms with Crippen LogP contribution in [0.2, 0.25) is 5.02 Å². The van der Waals surface area contributed by atoms with Gasteiger partial charge in [0.1, 0.15) is 0 Å². The smallest absolute Gasteiger partial charge is 0.0953 e. The number of ether oxygens (including phenoxy) is 1. The fraction of sp³-hybridized carbons (Fsp3) is 0.600. The molecule has 2 nitrogen and oxygen atoms in total. The molecule has 0 aromatic heterocycles. The molecule has 0 bridgehead atoms. The molecule has 0 saturated heterocycles. The highest BCUT2D eigenvalue weighted by atomic mass is 35.5. The van der Waals surface area contributed by atoms with Gasteiger partial charge in [0.05, 0.1) is 12.2 Å². The number of rotatable bonds is 6. The topological polar surface area (TPSA) is 21.3 Å². The molecule has 1 aromatic rings. The predicted octanol–water partition coefficient (Wildman–Crippen LogP) is 3.95. The van der Waals surface area contributed by atoms with E-state index in [0.717, 1.165) is 11.6 Å². The van der Waals surface area contributed by atoms with Gasteiger partial charge in [-0.2, -0.15) is 0 Å². The summed E-state index contributed by atoms with van der Waals surface area (Å²) in [5.74, 6) is 0. The van der Waals surface area contributed by atoms with Crippen LogP contribution in [0.25, 0.3) is 0 Å². The Morgan fingerprint density at radius 2 is 2.17 bits per heavy atom. The largest absolute Gasteiger partial charge is 0.369 e. The Morgan fingerprint density at radius 3 is 2.72 bits per heavy atom. The summed E-state index contributed by atoms with van der Waals surface area (Å²) in [6, 6.07) is 8.46. The van der Waals surface area contributed by atoms with Crippen molar-refractivity contribution in [3.8, 4) is 0 Å². The molecular formula is C15H22ClNO. The second-order valence-electron chi connectivity index (χ2n) is 5.30. The molecule has 0 radical (unpaired) electrons. The van der Waals surface area contributed by atoms with Crippen molar-refractivity contribution in [1.29, 1.82) is 0 Å². The average Bonchev–Trinajstić information content (AvgIpc) is 2.26. The van der Waals surface area contributed by atoms with Gasteiger partial charge in [0.25, 0.3) is 0 Å². The van der Waals surface area contributed by atoms with Crippen molar-refractivity contribution < 1.29 is 4.74 Å².